The lowest BCUT2D eigenvalue weighted by atomic mass is 9.48. The van der Waals surface area contributed by atoms with Crippen molar-refractivity contribution in [1.82, 2.24) is 0 Å². The molecule has 1 heterocycles. The Bertz CT molecular complexity index is 1080. The first-order valence-corrected chi connectivity index (χ1v) is 12.7. The first-order valence-electron chi connectivity index (χ1n) is 12.7. The second-order valence-electron chi connectivity index (χ2n) is 11.2. The maximum atomic E-state index is 13.3. The largest absolute Gasteiger partial charge is 0.459 e. The second kappa shape index (κ2) is 9.42. The molecule has 1 aliphatic heterocycles. The van der Waals surface area contributed by atoms with E-state index in [9.17, 15) is 19.2 Å². The van der Waals surface area contributed by atoms with Gasteiger partial charge in [-0.25, -0.2) is 4.79 Å². The number of hydrogen-bond donors (Lipinski definition) is 0. The summed E-state index contributed by atoms with van der Waals surface area (Å²) in [6.07, 6.45) is -2.74. The lowest BCUT2D eigenvalue weighted by molar-refractivity contribution is -0.304. The summed E-state index contributed by atoms with van der Waals surface area (Å²) in [5, 5.41) is 0. The Morgan fingerprint density at radius 2 is 1.38 bits per heavy atom. The molecule has 1 spiro atoms. The smallest absolute Gasteiger partial charge is 0.338 e. The molecule has 2 aliphatic carbocycles. The van der Waals surface area contributed by atoms with Crippen LogP contribution in [0.25, 0.3) is 0 Å². The summed E-state index contributed by atoms with van der Waals surface area (Å²) in [5.41, 5.74) is -2.80. The molecule has 202 valence electrons. The van der Waals surface area contributed by atoms with Gasteiger partial charge < -0.3 is 23.7 Å². The maximum Gasteiger partial charge on any atom is 0.338 e. The monoisotopic (exact) mass is 516 g/mol. The predicted octanol–water partition coefficient (Wildman–Crippen LogP) is 3.62. The van der Waals surface area contributed by atoms with Crippen LogP contribution < -0.4 is 0 Å². The van der Waals surface area contributed by atoms with E-state index < -0.39 is 64.9 Å². The highest BCUT2D eigenvalue weighted by Crippen LogP contribution is 2.67. The zero-order valence-corrected chi connectivity index (χ0v) is 22.4. The first kappa shape index (κ1) is 27.1. The molecule has 2 saturated carbocycles. The Labute approximate surface area is 217 Å². The molecule has 0 radical (unpaired) electrons. The normalized spacial score (nSPS) is 37.6. The van der Waals surface area contributed by atoms with E-state index in [1.54, 1.807) is 30.3 Å². The van der Waals surface area contributed by atoms with Gasteiger partial charge in [-0.2, -0.15) is 0 Å². The van der Waals surface area contributed by atoms with E-state index in [0.717, 1.165) is 0 Å². The molecule has 9 nitrogen and oxygen atoms in total. The van der Waals surface area contributed by atoms with Crippen LogP contribution in [0.5, 0.6) is 0 Å². The molecule has 4 rings (SSSR count). The number of benzene rings is 1. The highest BCUT2D eigenvalue weighted by Gasteiger charge is 2.80. The fourth-order valence-corrected chi connectivity index (χ4v) is 7.12. The molecular weight excluding hydrogens is 480 g/mol. The van der Waals surface area contributed by atoms with Gasteiger partial charge in [0.1, 0.15) is 23.9 Å². The van der Waals surface area contributed by atoms with Crippen molar-refractivity contribution in [2.24, 2.45) is 17.3 Å². The number of carbonyl (C=O) groups is 4. The van der Waals surface area contributed by atoms with Crippen molar-refractivity contribution in [3.8, 4) is 0 Å². The SMILES string of the molecule is CC(=O)O[C@H]1C[C@@H](C)[C@]23OC(C)(C)[C@H](C[C@H](OC(=O)c4ccccc4)[C@]2(C)[C@H]1OC(C)=O)[C@H]3OC(C)=O. The molecule has 3 fully saturated rings. The maximum absolute atomic E-state index is 13.3. The molecule has 9 heteroatoms. The molecule has 0 unspecified atom stereocenters. The average Bonchev–Trinajstić information content (AvgIpc) is 2.97. The highest BCUT2D eigenvalue weighted by molar-refractivity contribution is 5.89. The van der Waals surface area contributed by atoms with Gasteiger partial charge in [0, 0.05) is 26.7 Å². The fourth-order valence-electron chi connectivity index (χ4n) is 7.12. The zero-order valence-electron chi connectivity index (χ0n) is 22.4. The first-order chi connectivity index (χ1) is 17.2. The number of rotatable bonds is 5. The van der Waals surface area contributed by atoms with Crippen molar-refractivity contribution in [2.75, 3.05) is 0 Å². The summed E-state index contributed by atoms with van der Waals surface area (Å²) < 4.78 is 30.6. The van der Waals surface area contributed by atoms with Crippen molar-refractivity contribution in [3.05, 3.63) is 35.9 Å². The molecule has 1 aromatic carbocycles. The Hall–Kier alpha value is -2.94. The molecule has 8 atom stereocenters. The van der Waals surface area contributed by atoms with E-state index in [0.29, 0.717) is 18.4 Å². The third kappa shape index (κ3) is 4.31. The Morgan fingerprint density at radius 1 is 0.811 bits per heavy atom. The Balaban J connectivity index is 1.90. The van der Waals surface area contributed by atoms with Gasteiger partial charge in [-0.1, -0.05) is 25.1 Å². The van der Waals surface area contributed by atoms with Gasteiger partial charge in [0.15, 0.2) is 6.10 Å². The summed E-state index contributed by atoms with van der Waals surface area (Å²) in [6.45, 7) is 11.5. The van der Waals surface area contributed by atoms with Crippen molar-refractivity contribution in [2.45, 2.75) is 96.9 Å². The Kier molecular flexibility index (Phi) is 6.90. The van der Waals surface area contributed by atoms with Gasteiger partial charge in [0.05, 0.1) is 16.6 Å². The summed E-state index contributed by atoms with van der Waals surface area (Å²) in [5.74, 6) is -2.72. The van der Waals surface area contributed by atoms with Crippen LogP contribution in [0.2, 0.25) is 0 Å². The van der Waals surface area contributed by atoms with Crippen LogP contribution in [0, 0.1) is 17.3 Å². The van der Waals surface area contributed by atoms with Crippen molar-refractivity contribution in [1.29, 1.82) is 0 Å². The summed E-state index contributed by atoms with van der Waals surface area (Å²) in [6, 6.07) is 8.61. The number of esters is 4. The lowest BCUT2D eigenvalue weighted by Crippen LogP contribution is -2.76. The zero-order chi connectivity index (χ0) is 27.3. The minimum atomic E-state index is -1.23. The molecule has 3 aliphatic rings. The molecule has 0 N–H and O–H groups in total. The van der Waals surface area contributed by atoms with Crippen LogP contribution in [0.1, 0.15) is 71.7 Å². The lowest BCUT2D eigenvalue weighted by Gasteiger charge is -2.62. The number of fused-ring (bicyclic) bond motifs is 1. The van der Waals surface area contributed by atoms with Gasteiger partial charge in [-0.3, -0.25) is 14.4 Å². The van der Waals surface area contributed by atoms with Crippen molar-refractivity contribution in [3.63, 3.8) is 0 Å². The predicted molar refractivity (Wildman–Crippen MR) is 130 cm³/mol. The van der Waals surface area contributed by atoms with Crippen LogP contribution in [0.15, 0.2) is 30.3 Å². The molecule has 0 aromatic heterocycles. The number of carbonyl (C=O) groups excluding carboxylic acids is 4. The van der Waals surface area contributed by atoms with Crippen molar-refractivity contribution >= 4 is 23.9 Å². The van der Waals surface area contributed by atoms with E-state index in [1.807, 2.05) is 27.7 Å². The van der Waals surface area contributed by atoms with Gasteiger partial charge in [-0.05, 0) is 51.7 Å². The fraction of sp³-hybridized carbons (Fsp3) is 0.643. The molecule has 0 amide bonds. The van der Waals surface area contributed by atoms with Crippen LogP contribution in [0.3, 0.4) is 0 Å². The van der Waals surface area contributed by atoms with Crippen LogP contribution in [0.4, 0.5) is 0 Å². The van der Waals surface area contributed by atoms with Gasteiger partial charge >= 0.3 is 23.9 Å². The second-order valence-corrected chi connectivity index (χ2v) is 11.2. The number of hydrogen-bond acceptors (Lipinski definition) is 9. The molecule has 2 bridgehead atoms. The average molecular weight is 517 g/mol. The molecule has 37 heavy (non-hydrogen) atoms. The summed E-state index contributed by atoms with van der Waals surface area (Å²) >= 11 is 0. The third-order valence-corrected chi connectivity index (χ3v) is 8.50. The minimum Gasteiger partial charge on any atom is -0.459 e. The van der Waals surface area contributed by atoms with E-state index in [4.69, 9.17) is 23.7 Å². The van der Waals surface area contributed by atoms with Crippen molar-refractivity contribution < 1.29 is 42.9 Å². The Morgan fingerprint density at radius 3 is 1.95 bits per heavy atom. The summed E-state index contributed by atoms with van der Waals surface area (Å²) in [4.78, 5) is 50.1. The van der Waals surface area contributed by atoms with E-state index in [2.05, 4.69) is 0 Å². The third-order valence-electron chi connectivity index (χ3n) is 8.50. The minimum absolute atomic E-state index is 0.291. The van der Waals surface area contributed by atoms with Gasteiger partial charge in [0.2, 0.25) is 0 Å². The molecule has 1 aromatic rings. The van der Waals surface area contributed by atoms with Gasteiger partial charge in [-0.15, -0.1) is 0 Å². The highest BCUT2D eigenvalue weighted by atomic mass is 16.6. The van der Waals surface area contributed by atoms with Crippen LogP contribution in [-0.4, -0.2) is 59.5 Å². The van der Waals surface area contributed by atoms with Gasteiger partial charge in [0.25, 0.3) is 0 Å². The van der Waals surface area contributed by atoms with Crippen LogP contribution in [-0.2, 0) is 38.1 Å². The summed E-state index contributed by atoms with van der Waals surface area (Å²) in [7, 11) is 0. The quantitative estimate of drug-likeness (QED) is 0.427. The molecular formula is C28H36O9. The van der Waals surface area contributed by atoms with E-state index in [-0.39, 0.29) is 11.8 Å². The van der Waals surface area contributed by atoms with E-state index in [1.165, 1.54) is 20.8 Å². The standard InChI is InChI=1S/C28H36O9/c1-15-13-21(33-16(2)29)24(35-18(4)31)27(7)22(36-25(32)19-11-9-8-10-12-19)14-20-23(34-17(3)30)28(15,27)37-26(20,5)6/h8-12,15,20-24H,13-14H2,1-7H3/t15-,20-,21+,22+,23-,24+,27-,28-/m1/s1. The number of ether oxygens (including phenoxy) is 5. The van der Waals surface area contributed by atoms with Crippen LogP contribution >= 0.6 is 0 Å². The molecule has 1 saturated heterocycles. The topological polar surface area (TPSA) is 114 Å². The van der Waals surface area contributed by atoms with E-state index >= 15 is 0 Å².